The minimum atomic E-state index is -0.211. The van der Waals surface area contributed by atoms with Crippen LogP contribution in [0.5, 0.6) is 5.75 Å². The van der Waals surface area contributed by atoms with E-state index in [4.69, 9.17) is 9.72 Å². The number of ether oxygens (including phenoxy) is 1. The number of carbonyl (C=O) groups excluding carboxylic acids is 1. The summed E-state index contributed by atoms with van der Waals surface area (Å²) in [5, 5.41) is 4.72. The number of amides is 1. The van der Waals surface area contributed by atoms with Gasteiger partial charge in [-0.15, -0.1) is 0 Å². The molecular formula is C33H30N8O3. The Morgan fingerprint density at radius 3 is 2.77 bits per heavy atom. The molecule has 0 unspecified atom stereocenters. The number of nitrogens with zero attached hydrogens (tertiary/aromatic N) is 7. The van der Waals surface area contributed by atoms with E-state index in [0.29, 0.717) is 47.2 Å². The summed E-state index contributed by atoms with van der Waals surface area (Å²) in [6.07, 6.45) is 9.92. The number of benzene rings is 2. The SMILES string of the molecule is C/C=C\Cn1c(=O)c2cnc(Nc3ccc4c(ccn4-c4ccccn4)c3)nc2n1-c1ccc2c(c1)N(CCC)C(=O)CO2. The van der Waals surface area contributed by atoms with E-state index < -0.39 is 0 Å². The smallest absolute Gasteiger partial charge is 0.278 e. The van der Waals surface area contributed by atoms with Gasteiger partial charge in [0.05, 0.1) is 23.4 Å². The summed E-state index contributed by atoms with van der Waals surface area (Å²) >= 11 is 0. The Morgan fingerprint density at radius 1 is 1.05 bits per heavy atom. The maximum atomic E-state index is 13.6. The summed E-state index contributed by atoms with van der Waals surface area (Å²) in [6.45, 7) is 4.85. The van der Waals surface area contributed by atoms with Gasteiger partial charge >= 0.3 is 0 Å². The van der Waals surface area contributed by atoms with Crippen molar-refractivity contribution < 1.29 is 9.53 Å². The van der Waals surface area contributed by atoms with Gasteiger partial charge in [0.25, 0.3) is 11.5 Å². The molecule has 0 fully saturated rings. The maximum Gasteiger partial charge on any atom is 0.278 e. The van der Waals surface area contributed by atoms with Gasteiger partial charge in [-0.3, -0.25) is 9.59 Å². The fourth-order valence-corrected chi connectivity index (χ4v) is 5.56. The molecule has 44 heavy (non-hydrogen) atoms. The van der Waals surface area contributed by atoms with Gasteiger partial charge in [-0.2, -0.15) is 4.98 Å². The Morgan fingerprint density at radius 2 is 1.95 bits per heavy atom. The number of hydrogen-bond acceptors (Lipinski definition) is 7. The van der Waals surface area contributed by atoms with Gasteiger partial charge in [0.1, 0.15) is 17.0 Å². The number of fused-ring (bicyclic) bond motifs is 3. The molecule has 1 aliphatic heterocycles. The lowest BCUT2D eigenvalue weighted by Gasteiger charge is -2.29. The van der Waals surface area contributed by atoms with E-state index in [1.165, 1.54) is 0 Å². The quantitative estimate of drug-likeness (QED) is 0.239. The number of allylic oxidation sites excluding steroid dienone is 2. The molecular weight excluding hydrogens is 556 g/mol. The molecule has 11 heteroatoms. The zero-order valence-electron chi connectivity index (χ0n) is 24.3. The molecule has 220 valence electrons. The van der Waals surface area contributed by atoms with Crippen LogP contribution >= 0.6 is 0 Å². The van der Waals surface area contributed by atoms with Crippen molar-refractivity contribution in [1.82, 2.24) is 28.9 Å². The third kappa shape index (κ3) is 4.68. The molecule has 11 nitrogen and oxygen atoms in total. The second-order valence-corrected chi connectivity index (χ2v) is 10.5. The molecule has 6 aromatic rings. The van der Waals surface area contributed by atoms with Crippen LogP contribution in [0.25, 0.3) is 33.4 Å². The highest BCUT2D eigenvalue weighted by molar-refractivity contribution is 5.98. The number of anilines is 3. The molecule has 0 spiro atoms. The lowest BCUT2D eigenvalue weighted by Crippen LogP contribution is -2.39. The highest BCUT2D eigenvalue weighted by Gasteiger charge is 2.26. The molecule has 4 aromatic heterocycles. The summed E-state index contributed by atoms with van der Waals surface area (Å²) in [4.78, 5) is 41.8. The molecule has 0 atom stereocenters. The van der Waals surface area contributed by atoms with E-state index in [2.05, 4.69) is 15.3 Å². The van der Waals surface area contributed by atoms with Crippen molar-refractivity contribution in [3.05, 3.63) is 102 Å². The molecule has 0 aliphatic carbocycles. The molecule has 0 bridgehead atoms. The first-order valence-electron chi connectivity index (χ1n) is 14.5. The van der Waals surface area contributed by atoms with Gasteiger partial charge in [-0.05, 0) is 67.9 Å². The van der Waals surface area contributed by atoms with Crippen molar-refractivity contribution in [3.63, 3.8) is 0 Å². The monoisotopic (exact) mass is 586 g/mol. The largest absolute Gasteiger partial charge is 0.482 e. The van der Waals surface area contributed by atoms with Crippen LogP contribution in [-0.4, -0.2) is 47.9 Å². The fourth-order valence-electron chi connectivity index (χ4n) is 5.56. The predicted octanol–water partition coefficient (Wildman–Crippen LogP) is 5.38. The first kappa shape index (κ1) is 27.1. The predicted molar refractivity (Wildman–Crippen MR) is 170 cm³/mol. The molecule has 7 rings (SSSR count). The van der Waals surface area contributed by atoms with Crippen LogP contribution < -0.4 is 20.5 Å². The molecule has 5 heterocycles. The van der Waals surface area contributed by atoms with Crippen molar-refractivity contribution in [3.8, 4) is 17.3 Å². The minimum Gasteiger partial charge on any atom is -0.482 e. The van der Waals surface area contributed by atoms with Crippen LogP contribution in [0.1, 0.15) is 20.3 Å². The van der Waals surface area contributed by atoms with Crippen LogP contribution in [0.15, 0.2) is 96.2 Å². The van der Waals surface area contributed by atoms with Crippen molar-refractivity contribution in [2.45, 2.75) is 26.8 Å². The first-order chi connectivity index (χ1) is 21.6. The molecule has 2 aromatic carbocycles. The average Bonchev–Trinajstić information content (AvgIpc) is 3.59. The van der Waals surface area contributed by atoms with E-state index in [1.54, 1.807) is 26.7 Å². The zero-order chi connectivity index (χ0) is 30.2. The van der Waals surface area contributed by atoms with Crippen LogP contribution in [-0.2, 0) is 11.3 Å². The minimum absolute atomic E-state index is 0.00666. The number of carbonyl (C=O) groups is 1. The van der Waals surface area contributed by atoms with Crippen molar-refractivity contribution >= 4 is 45.2 Å². The normalized spacial score (nSPS) is 13.1. The van der Waals surface area contributed by atoms with Gasteiger partial charge in [0, 0.05) is 36.2 Å². The van der Waals surface area contributed by atoms with Crippen molar-refractivity contribution in [2.24, 2.45) is 0 Å². The maximum absolute atomic E-state index is 13.6. The molecule has 1 N–H and O–H groups in total. The van der Waals surface area contributed by atoms with E-state index >= 15 is 0 Å². The summed E-state index contributed by atoms with van der Waals surface area (Å²) in [6, 6.07) is 19.4. The zero-order valence-corrected chi connectivity index (χ0v) is 24.3. The van der Waals surface area contributed by atoms with E-state index in [-0.39, 0.29) is 18.1 Å². The van der Waals surface area contributed by atoms with E-state index in [1.807, 2.05) is 97.4 Å². The first-order valence-corrected chi connectivity index (χ1v) is 14.5. The molecule has 1 aliphatic rings. The lowest BCUT2D eigenvalue weighted by molar-refractivity contribution is -0.121. The summed E-state index contributed by atoms with van der Waals surface area (Å²) < 4.78 is 11.1. The third-order valence-corrected chi connectivity index (χ3v) is 7.61. The third-order valence-electron chi connectivity index (χ3n) is 7.61. The number of aromatic nitrogens is 6. The van der Waals surface area contributed by atoms with Gasteiger partial charge in [-0.1, -0.05) is 25.1 Å². The Bertz CT molecular complexity index is 2110. The second-order valence-electron chi connectivity index (χ2n) is 10.5. The Kier molecular flexibility index (Phi) is 6.89. The lowest BCUT2D eigenvalue weighted by atomic mass is 10.2. The Labute approximate surface area is 252 Å². The fraction of sp³-hybridized carbons (Fsp3) is 0.182. The van der Waals surface area contributed by atoms with Crippen molar-refractivity contribution in [2.75, 3.05) is 23.4 Å². The van der Waals surface area contributed by atoms with Gasteiger partial charge in [0.2, 0.25) is 5.95 Å². The number of pyridine rings is 1. The van der Waals surface area contributed by atoms with E-state index in [9.17, 15) is 9.59 Å². The Balaban J connectivity index is 1.30. The van der Waals surface area contributed by atoms with Gasteiger partial charge in [0.15, 0.2) is 12.3 Å². The molecule has 0 saturated heterocycles. The standard InChI is InChI=1S/C33H30N8O3/c1-3-5-16-40-32(43)25-20-35-33(36-23-9-11-26-22(18-23)13-17-38(26)29-8-6-7-14-34-29)37-31(25)41(40)24-10-12-28-27(19-24)39(15-4-2)30(42)21-44-28/h3,5-14,17-20H,4,15-16,21H2,1-2H3,(H,35,36,37)/b5-3-. The molecule has 1 amide bonds. The summed E-state index contributed by atoms with van der Waals surface area (Å²) in [7, 11) is 0. The van der Waals surface area contributed by atoms with Crippen LogP contribution in [0.4, 0.5) is 17.3 Å². The van der Waals surface area contributed by atoms with Gasteiger partial charge in [-0.25, -0.2) is 19.3 Å². The average molecular weight is 587 g/mol. The van der Waals surface area contributed by atoms with Crippen LogP contribution in [0.3, 0.4) is 0 Å². The second kappa shape index (κ2) is 11.2. The number of hydrogen-bond donors (Lipinski definition) is 1. The highest BCUT2D eigenvalue weighted by Crippen LogP contribution is 2.35. The Hall–Kier alpha value is -5.71. The number of nitrogens with one attached hydrogen (secondary N) is 1. The number of rotatable bonds is 8. The van der Waals surface area contributed by atoms with Crippen molar-refractivity contribution in [1.29, 1.82) is 0 Å². The topological polar surface area (TPSA) is 112 Å². The molecule has 0 radical (unpaired) electrons. The van der Waals surface area contributed by atoms with Crippen LogP contribution in [0.2, 0.25) is 0 Å². The highest BCUT2D eigenvalue weighted by atomic mass is 16.5. The summed E-state index contributed by atoms with van der Waals surface area (Å²) in [5.74, 6) is 1.72. The van der Waals surface area contributed by atoms with E-state index in [0.717, 1.165) is 28.8 Å². The molecule has 0 saturated carbocycles. The van der Waals surface area contributed by atoms with Gasteiger partial charge < -0.3 is 19.5 Å². The summed E-state index contributed by atoms with van der Waals surface area (Å²) in [5.41, 5.74) is 3.42. The van der Waals surface area contributed by atoms with Crippen LogP contribution in [0, 0.1) is 0 Å².